The number of morpholine rings is 1. The van der Waals surface area contributed by atoms with Gasteiger partial charge in [0, 0.05) is 25.6 Å². The minimum absolute atomic E-state index is 0.00203. The number of ether oxygens (including phenoxy) is 2. The predicted octanol–water partition coefficient (Wildman–Crippen LogP) is 1.02. The molecule has 1 aliphatic rings. The molecule has 1 unspecified atom stereocenters. The van der Waals surface area contributed by atoms with Gasteiger partial charge in [-0.2, -0.15) is 0 Å². The van der Waals surface area contributed by atoms with Crippen LogP contribution in [0.4, 0.5) is 5.69 Å². The second-order valence-electron chi connectivity index (χ2n) is 5.58. The monoisotopic (exact) mass is 351 g/mol. The molecule has 0 aromatic heterocycles. The zero-order chi connectivity index (χ0) is 18.2. The molecule has 9 nitrogen and oxygen atoms in total. The van der Waals surface area contributed by atoms with Crippen LogP contribution in [0.3, 0.4) is 0 Å². The van der Waals surface area contributed by atoms with E-state index in [2.05, 4.69) is 10.6 Å². The fourth-order valence-corrected chi connectivity index (χ4v) is 2.38. The summed E-state index contributed by atoms with van der Waals surface area (Å²) >= 11 is 0. The number of rotatable bonds is 8. The molecule has 0 radical (unpaired) electrons. The Morgan fingerprint density at radius 2 is 2.28 bits per heavy atom. The lowest BCUT2D eigenvalue weighted by molar-refractivity contribution is -0.385. The van der Waals surface area contributed by atoms with Crippen LogP contribution in [0.15, 0.2) is 18.2 Å². The Hall–Kier alpha value is -2.52. The van der Waals surface area contributed by atoms with Crippen molar-refractivity contribution in [2.24, 2.45) is 0 Å². The molecule has 1 heterocycles. The SMILES string of the molecule is CC(=O)c1cc(OCCCC(=O)NC2CNCCO2)ccc1[N+](=O)[O-]. The highest BCUT2D eigenvalue weighted by atomic mass is 16.6. The first kappa shape index (κ1) is 18.8. The van der Waals surface area contributed by atoms with Gasteiger partial charge >= 0.3 is 0 Å². The van der Waals surface area contributed by atoms with E-state index in [9.17, 15) is 19.7 Å². The van der Waals surface area contributed by atoms with Crippen LogP contribution in [0.2, 0.25) is 0 Å². The van der Waals surface area contributed by atoms with Crippen LogP contribution < -0.4 is 15.4 Å². The molecule has 1 aromatic rings. The fraction of sp³-hybridized carbons (Fsp3) is 0.500. The van der Waals surface area contributed by atoms with Crippen molar-refractivity contribution in [3.8, 4) is 5.75 Å². The maximum Gasteiger partial charge on any atom is 0.280 e. The lowest BCUT2D eigenvalue weighted by Gasteiger charge is -2.24. The van der Waals surface area contributed by atoms with Gasteiger partial charge in [-0.15, -0.1) is 0 Å². The summed E-state index contributed by atoms with van der Waals surface area (Å²) in [6, 6.07) is 4.03. The Bertz CT molecular complexity index is 643. The van der Waals surface area contributed by atoms with Crippen LogP contribution >= 0.6 is 0 Å². The van der Waals surface area contributed by atoms with Crippen molar-refractivity contribution in [2.75, 3.05) is 26.3 Å². The number of nitrogens with one attached hydrogen (secondary N) is 2. The van der Waals surface area contributed by atoms with Gasteiger partial charge in [0.25, 0.3) is 5.69 Å². The molecule has 2 N–H and O–H groups in total. The second-order valence-corrected chi connectivity index (χ2v) is 5.58. The number of nitrogens with zero attached hydrogens (tertiary/aromatic N) is 1. The largest absolute Gasteiger partial charge is 0.494 e. The first-order chi connectivity index (χ1) is 12.0. The van der Waals surface area contributed by atoms with E-state index in [0.29, 0.717) is 25.3 Å². The van der Waals surface area contributed by atoms with E-state index in [-0.39, 0.29) is 36.4 Å². The van der Waals surface area contributed by atoms with Gasteiger partial charge in [0.05, 0.1) is 23.7 Å². The van der Waals surface area contributed by atoms with Crippen LogP contribution in [0, 0.1) is 10.1 Å². The topological polar surface area (TPSA) is 120 Å². The second kappa shape index (κ2) is 9.09. The lowest BCUT2D eigenvalue weighted by atomic mass is 10.1. The zero-order valence-corrected chi connectivity index (χ0v) is 13.9. The number of nitro benzene ring substituents is 1. The van der Waals surface area contributed by atoms with Crippen LogP contribution in [0.5, 0.6) is 5.75 Å². The third-order valence-electron chi connectivity index (χ3n) is 3.61. The van der Waals surface area contributed by atoms with Gasteiger partial charge in [0.1, 0.15) is 12.0 Å². The van der Waals surface area contributed by atoms with Gasteiger partial charge in [0.15, 0.2) is 5.78 Å². The standard InChI is InChI=1S/C16H21N3O6/c1-11(20)13-9-12(4-5-14(13)19(22)23)24-7-2-3-15(21)18-16-10-17-6-8-25-16/h4-5,9,16-17H,2-3,6-8,10H2,1H3,(H,18,21). The van der Waals surface area contributed by atoms with Crippen molar-refractivity contribution in [3.63, 3.8) is 0 Å². The number of carbonyl (C=O) groups excluding carboxylic acids is 2. The predicted molar refractivity (Wildman–Crippen MR) is 88.6 cm³/mol. The molecule has 1 saturated heterocycles. The highest BCUT2D eigenvalue weighted by Crippen LogP contribution is 2.24. The van der Waals surface area contributed by atoms with Gasteiger partial charge in [-0.3, -0.25) is 19.7 Å². The van der Waals surface area contributed by atoms with Crippen molar-refractivity contribution in [2.45, 2.75) is 26.0 Å². The number of ketones is 1. The average Bonchev–Trinajstić information content (AvgIpc) is 2.59. The lowest BCUT2D eigenvalue weighted by Crippen LogP contribution is -2.48. The number of benzene rings is 1. The summed E-state index contributed by atoms with van der Waals surface area (Å²) in [5, 5.41) is 16.8. The summed E-state index contributed by atoms with van der Waals surface area (Å²) in [6.07, 6.45) is 0.431. The van der Waals surface area contributed by atoms with Crippen LogP contribution in [-0.2, 0) is 9.53 Å². The Morgan fingerprint density at radius 3 is 2.92 bits per heavy atom. The summed E-state index contributed by atoms with van der Waals surface area (Å²) < 4.78 is 10.9. The number of amides is 1. The number of Topliss-reactive ketones (excluding diaryl/α,β-unsaturated/α-hetero) is 1. The summed E-state index contributed by atoms with van der Waals surface area (Å²) in [5.74, 6) is -0.181. The quantitative estimate of drug-likeness (QED) is 0.310. The minimum Gasteiger partial charge on any atom is -0.494 e. The summed E-state index contributed by atoms with van der Waals surface area (Å²) in [7, 11) is 0. The van der Waals surface area contributed by atoms with E-state index in [0.717, 1.165) is 6.54 Å². The summed E-state index contributed by atoms with van der Waals surface area (Å²) in [6.45, 7) is 3.44. The smallest absolute Gasteiger partial charge is 0.280 e. The molecule has 9 heteroatoms. The first-order valence-corrected chi connectivity index (χ1v) is 8.01. The van der Waals surface area contributed by atoms with Gasteiger partial charge in [-0.25, -0.2) is 0 Å². The van der Waals surface area contributed by atoms with Gasteiger partial charge in [-0.05, 0) is 25.5 Å². The van der Waals surface area contributed by atoms with Crippen LogP contribution in [0.25, 0.3) is 0 Å². The van der Waals surface area contributed by atoms with E-state index in [4.69, 9.17) is 9.47 Å². The molecular weight excluding hydrogens is 330 g/mol. The Labute approximate surface area is 144 Å². The van der Waals surface area contributed by atoms with E-state index in [1.807, 2.05) is 0 Å². The van der Waals surface area contributed by atoms with Gasteiger partial charge in [-0.1, -0.05) is 0 Å². The molecular formula is C16H21N3O6. The van der Waals surface area contributed by atoms with Crippen molar-refractivity contribution in [1.82, 2.24) is 10.6 Å². The van der Waals surface area contributed by atoms with Crippen LogP contribution in [0.1, 0.15) is 30.1 Å². The first-order valence-electron chi connectivity index (χ1n) is 8.01. The van der Waals surface area contributed by atoms with Crippen molar-refractivity contribution in [1.29, 1.82) is 0 Å². The fourth-order valence-electron chi connectivity index (χ4n) is 2.38. The molecule has 1 atom stereocenters. The molecule has 0 spiro atoms. The Kier molecular flexibility index (Phi) is 6.84. The maximum absolute atomic E-state index is 11.8. The molecule has 1 aliphatic heterocycles. The van der Waals surface area contributed by atoms with Crippen molar-refractivity contribution < 1.29 is 24.0 Å². The third kappa shape index (κ3) is 5.80. The van der Waals surface area contributed by atoms with E-state index in [1.165, 1.54) is 25.1 Å². The molecule has 0 saturated carbocycles. The highest BCUT2D eigenvalue weighted by Gasteiger charge is 2.18. The van der Waals surface area contributed by atoms with Crippen molar-refractivity contribution in [3.05, 3.63) is 33.9 Å². The summed E-state index contributed by atoms with van der Waals surface area (Å²) in [5.41, 5.74) is -0.248. The average molecular weight is 351 g/mol. The van der Waals surface area contributed by atoms with E-state index in [1.54, 1.807) is 0 Å². The molecule has 2 rings (SSSR count). The molecule has 1 fully saturated rings. The maximum atomic E-state index is 11.8. The zero-order valence-electron chi connectivity index (χ0n) is 13.9. The van der Waals surface area contributed by atoms with Gasteiger partial charge in [0.2, 0.25) is 5.91 Å². The summed E-state index contributed by atoms with van der Waals surface area (Å²) in [4.78, 5) is 33.6. The third-order valence-corrected chi connectivity index (χ3v) is 3.61. The highest BCUT2D eigenvalue weighted by molar-refractivity contribution is 5.98. The van der Waals surface area contributed by atoms with Gasteiger partial charge < -0.3 is 20.1 Å². The van der Waals surface area contributed by atoms with E-state index < -0.39 is 10.7 Å². The molecule has 1 aromatic carbocycles. The molecule has 0 bridgehead atoms. The molecule has 25 heavy (non-hydrogen) atoms. The molecule has 0 aliphatic carbocycles. The number of carbonyl (C=O) groups is 2. The number of hydrogen-bond acceptors (Lipinski definition) is 7. The normalized spacial score (nSPS) is 16.9. The van der Waals surface area contributed by atoms with Crippen molar-refractivity contribution >= 4 is 17.4 Å². The molecule has 1 amide bonds. The Morgan fingerprint density at radius 1 is 1.48 bits per heavy atom. The van der Waals surface area contributed by atoms with E-state index >= 15 is 0 Å². The Balaban J connectivity index is 1.77. The molecule has 136 valence electrons. The number of hydrogen-bond donors (Lipinski definition) is 2. The minimum atomic E-state index is -0.604. The number of nitro groups is 1. The van der Waals surface area contributed by atoms with Crippen LogP contribution in [-0.4, -0.2) is 49.1 Å².